The van der Waals surface area contributed by atoms with Crippen LogP contribution in [-0.2, 0) is 23.0 Å². The highest BCUT2D eigenvalue weighted by Gasteiger charge is 2.17. The van der Waals surface area contributed by atoms with Gasteiger partial charge in [-0.25, -0.2) is 9.37 Å². The molecule has 4 N–H and O–H groups in total. The number of hydrogen-bond donors (Lipinski definition) is 3. The highest BCUT2D eigenvalue weighted by molar-refractivity contribution is 7.92. The van der Waals surface area contributed by atoms with Gasteiger partial charge in [0, 0.05) is 24.2 Å². The number of imidazole rings is 1. The highest BCUT2D eigenvalue weighted by Crippen LogP contribution is 2.18. The van der Waals surface area contributed by atoms with Crippen molar-refractivity contribution in [3.63, 3.8) is 0 Å². The summed E-state index contributed by atoms with van der Waals surface area (Å²) < 4.78 is 39.9. The lowest BCUT2D eigenvalue weighted by Gasteiger charge is -2.08. The van der Waals surface area contributed by atoms with Crippen molar-refractivity contribution in [2.24, 2.45) is 5.73 Å². The molecule has 2 rings (SSSR count). The molecule has 0 amide bonds. The molecule has 1 aromatic carbocycles. The van der Waals surface area contributed by atoms with Gasteiger partial charge in [0.25, 0.3) is 10.0 Å². The Morgan fingerprint density at radius 3 is 2.80 bits per heavy atom. The van der Waals surface area contributed by atoms with Gasteiger partial charge in [0.05, 0.1) is 6.20 Å². The van der Waals surface area contributed by atoms with E-state index in [2.05, 4.69) is 14.7 Å². The SMILES string of the molecule is CCc1ncc(S(=O)(=O)Nc2ccc(F)c(CN)c2)[nH]1. The van der Waals surface area contributed by atoms with Gasteiger partial charge in [-0.1, -0.05) is 6.92 Å². The largest absolute Gasteiger partial charge is 0.332 e. The lowest BCUT2D eigenvalue weighted by molar-refractivity contribution is 0.597. The lowest BCUT2D eigenvalue weighted by atomic mass is 10.2. The molecular formula is C12H15FN4O2S. The fourth-order valence-corrected chi connectivity index (χ4v) is 2.66. The smallest absolute Gasteiger partial charge is 0.278 e. The summed E-state index contributed by atoms with van der Waals surface area (Å²) in [5.41, 5.74) is 5.87. The minimum Gasteiger partial charge on any atom is -0.332 e. The molecule has 0 saturated carbocycles. The van der Waals surface area contributed by atoms with E-state index in [-0.39, 0.29) is 22.8 Å². The molecule has 6 nitrogen and oxygen atoms in total. The summed E-state index contributed by atoms with van der Waals surface area (Å²) in [4.78, 5) is 6.64. The average Bonchev–Trinajstić information content (AvgIpc) is 2.90. The zero-order valence-electron chi connectivity index (χ0n) is 10.9. The zero-order chi connectivity index (χ0) is 14.8. The van der Waals surface area contributed by atoms with Crippen LogP contribution >= 0.6 is 0 Å². The van der Waals surface area contributed by atoms with Crippen molar-refractivity contribution in [2.45, 2.75) is 24.9 Å². The molecule has 108 valence electrons. The second-order valence-corrected chi connectivity index (χ2v) is 5.81. The first-order valence-corrected chi connectivity index (χ1v) is 7.49. The summed E-state index contributed by atoms with van der Waals surface area (Å²) in [6.07, 6.45) is 1.85. The second kappa shape index (κ2) is 5.59. The monoisotopic (exact) mass is 298 g/mol. The number of nitrogens with two attached hydrogens (primary N) is 1. The Morgan fingerprint density at radius 2 is 2.20 bits per heavy atom. The Bertz CT molecular complexity index is 712. The van der Waals surface area contributed by atoms with E-state index in [1.807, 2.05) is 6.92 Å². The zero-order valence-corrected chi connectivity index (χ0v) is 11.7. The molecule has 1 heterocycles. The molecule has 20 heavy (non-hydrogen) atoms. The number of hydrogen-bond acceptors (Lipinski definition) is 4. The van der Waals surface area contributed by atoms with Crippen LogP contribution in [0.1, 0.15) is 18.3 Å². The molecule has 0 unspecified atom stereocenters. The number of aromatic amines is 1. The van der Waals surface area contributed by atoms with Crippen LogP contribution in [0.4, 0.5) is 10.1 Å². The molecule has 2 aromatic rings. The Balaban J connectivity index is 2.28. The number of aromatic nitrogens is 2. The minimum atomic E-state index is -3.77. The van der Waals surface area contributed by atoms with Crippen LogP contribution in [0, 0.1) is 5.82 Å². The maximum Gasteiger partial charge on any atom is 0.278 e. The van der Waals surface area contributed by atoms with Crippen LogP contribution in [0.15, 0.2) is 29.4 Å². The number of nitrogens with zero attached hydrogens (tertiary/aromatic N) is 1. The maximum absolute atomic E-state index is 13.3. The Kier molecular flexibility index (Phi) is 4.05. The molecule has 0 bridgehead atoms. The van der Waals surface area contributed by atoms with E-state index in [1.54, 1.807) is 0 Å². The van der Waals surface area contributed by atoms with E-state index in [1.165, 1.54) is 24.4 Å². The van der Waals surface area contributed by atoms with Crippen molar-refractivity contribution in [3.8, 4) is 0 Å². The van der Waals surface area contributed by atoms with Gasteiger partial charge in [-0.2, -0.15) is 8.42 Å². The molecule has 8 heteroatoms. The molecule has 1 aromatic heterocycles. The molecule has 0 atom stereocenters. The number of sulfonamides is 1. The number of nitrogens with one attached hydrogen (secondary N) is 2. The van der Waals surface area contributed by atoms with Crippen LogP contribution < -0.4 is 10.5 Å². The van der Waals surface area contributed by atoms with Crippen LogP contribution in [0.3, 0.4) is 0 Å². The second-order valence-electron chi connectivity index (χ2n) is 4.16. The average molecular weight is 298 g/mol. The summed E-state index contributed by atoms with van der Waals surface area (Å²) in [7, 11) is -3.77. The number of halogens is 1. The van der Waals surface area contributed by atoms with E-state index in [0.717, 1.165) is 0 Å². The number of rotatable bonds is 5. The van der Waals surface area contributed by atoms with Crippen LogP contribution in [0.5, 0.6) is 0 Å². The van der Waals surface area contributed by atoms with Gasteiger partial charge >= 0.3 is 0 Å². The van der Waals surface area contributed by atoms with Gasteiger partial charge in [-0.3, -0.25) is 4.72 Å². The third-order valence-electron chi connectivity index (χ3n) is 2.75. The first-order valence-electron chi connectivity index (χ1n) is 6.01. The van der Waals surface area contributed by atoms with E-state index < -0.39 is 15.8 Å². The van der Waals surface area contributed by atoms with Gasteiger partial charge in [0.2, 0.25) is 0 Å². The molecule has 0 saturated heterocycles. The predicted molar refractivity (Wildman–Crippen MR) is 73.1 cm³/mol. The maximum atomic E-state index is 13.3. The van der Waals surface area contributed by atoms with E-state index in [9.17, 15) is 12.8 Å². The fraction of sp³-hybridized carbons (Fsp3) is 0.250. The van der Waals surface area contributed by atoms with Crippen molar-refractivity contribution in [1.29, 1.82) is 0 Å². The topological polar surface area (TPSA) is 101 Å². The third kappa shape index (κ3) is 2.97. The van der Waals surface area contributed by atoms with Gasteiger partial charge in [-0.05, 0) is 18.2 Å². The standard InChI is InChI=1S/C12H15FN4O2S/c1-2-11-15-7-12(16-11)20(18,19)17-9-3-4-10(13)8(5-9)6-14/h3-5,7,17H,2,6,14H2,1H3,(H,15,16). The number of aryl methyl sites for hydroxylation is 1. The third-order valence-corrected chi connectivity index (χ3v) is 4.04. The summed E-state index contributed by atoms with van der Waals surface area (Å²) in [5, 5.41) is -0.0343. The molecule has 0 aliphatic rings. The van der Waals surface area contributed by atoms with Crippen molar-refractivity contribution in [2.75, 3.05) is 4.72 Å². The highest BCUT2D eigenvalue weighted by atomic mass is 32.2. The summed E-state index contributed by atoms with van der Waals surface area (Å²) >= 11 is 0. The van der Waals surface area contributed by atoms with E-state index >= 15 is 0 Å². The summed E-state index contributed by atoms with van der Waals surface area (Å²) in [5.74, 6) is 0.109. The van der Waals surface area contributed by atoms with Crippen molar-refractivity contribution >= 4 is 15.7 Å². The molecule has 0 spiro atoms. The van der Waals surface area contributed by atoms with Crippen molar-refractivity contribution in [1.82, 2.24) is 9.97 Å². The van der Waals surface area contributed by atoms with Crippen LogP contribution in [-0.4, -0.2) is 18.4 Å². The Morgan fingerprint density at radius 1 is 1.45 bits per heavy atom. The quantitative estimate of drug-likeness (QED) is 0.776. The first-order chi connectivity index (χ1) is 9.46. The first kappa shape index (κ1) is 14.5. The lowest BCUT2D eigenvalue weighted by Crippen LogP contribution is -2.14. The molecule has 0 aliphatic carbocycles. The Hall–Kier alpha value is -1.93. The molecule has 0 fully saturated rings. The molecule has 0 aliphatic heterocycles. The van der Waals surface area contributed by atoms with Gasteiger partial charge in [0.1, 0.15) is 11.6 Å². The summed E-state index contributed by atoms with van der Waals surface area (Å²) in [6.45, 7) is 1.85. The normalized spacial score (nSPS) is 11.6. The number of anilines is 1. The van der Waals surface area contributed by atoms with Crippen LogP contribution in [0.2, 0.25) is 0 Å². The number of benzene rings is 1. The van der Waals surface area contributed by atoms with E-state index in [4.69, 9.17) is 5.73 Å². The van der Waals surface area contributed by atoms with E-state index in [0.29, 0.717) is 12.2 Å². The van der Waals surface area contributed by atoms with Crippen molar-refractivity contribution in [3.05, 3.63) is 41.6 Å². The van der Waals surface area contributed by atoms with Crippen LogP contribution in [0.25, 0.3) is 0 Å². The summed E-state index contributed by atoms with van der Waals surface area (Å²) in [6, 6.07) is 3.87. The van der Waals surface area contributed by atoms with Crippen molar-refractivity contribution < 1.29 is 12.8 Å². The Labute approximate surface area is 116 Å². The molecular weight excluding hydrogens is 283 g/mol. The molecule has 0 radical (unpaired) electrons. The van der Waals surface area contributed by atoms with Gasteiger partial charge in [0.15, 0.2) is 5.03 Å². The minimum absolute atomic E-state index is 0.00849. The fourth-order valence-electron chi connectivity index (χ4n) is 1.66. The number of H-pyrrole nitrogens is 1. The predicted octanol–water partition coefficient (Wildman–Crippen LogP) is 1.37. The van der Waals surface area contributed by atoms with Gasteiger partial charge in [-0.15, -0.1) is 0 Å². The van der Waals surface area contributed by atoms with Gasteiger partial charge < -0.3 is 10.7 Å².